The van der Waals surface area contributed by atoms with Crippen molar-refractivity contribution in [3.8, 4) is 0 Å². The first-order valence-corrected chi connectivity index (χ1v) is 10.9. The van der Waals surface area contributed by atoms with Crippen LogP contribution in [0.5, 0.6) is 0 Å². The van der Waals surface area contributed by atoms with Gasteiger partial charge in [0.15, 0.2) is 5.96 Å². The first-order chi connectivity index (χ1) is 15.1. The van der Waals surface area contributed by atoms with Gasteiger partial charge in [-0.2, -0.15) is 0 Å². The lowest BCUT2D eigenvalue weighted by molar-refractivity contribution is -0.127. The normalized spacial score (nSPS) is 15.3. The van der Waals surface area contributed by atoms with Gasteiger partial charge in [-0.3, -0.25) is 9.69 Å². The molecule has 0 aliphatic carbocycles. The van der Waals surface area contributed by atoms with Gasteiger partial charge in [0, 0.05) is 40.2 Å². The standard InChI is InChI=1S/C21H34N8O2.HI/c1-4-19-26-25-16-29(19)12-9-22-21(24-15-20(30)27(2)3)23-14-17(18-8-7-13-31-18)28-10-5-6-11-28;/h7-8,13,16-17H,4-6,9-12,14-15H2,1-3H3,(H2,22,23,24);1H. The zero-order chi connectivity index (χ0) is 22.1. The smallest absolute Gasteiger partial charge is 0.243 e. The number of aliphatic imine (C=N–C) groups is 1. The molecule has 1 atom stereocenters. The van der Waals surface area contributed by atoms with E-state index in [1.165, 1.54) is 12.8 Å². The molecule has 0 radical (unpaired) electrons. The molecule has 3 heterocycles. The third-order valence-electron chi connectivity index (χ3n) is 5.44. The molecule has 0 aromatic carbocycles. The molecular formula is C21H35IN8O2. The Hall–Kier alpha value is -2.15. The number of hydrogen-bond acceptors (Lipinski definition) is 6. The molecule has 0 saturated carbocycles. The molecule has 2 aromatic heterocycles. The van der Waals surface area contributed by atoms with Crippen LogP contribution in [0.4, 0.5) is 0 Å². The molecule has 10 nitrogen and oxygen atoms in total. The van der Waals surface area contributed by atoms with E-state index in [0.29, 0.717) is 25.6 Å². The lowest BCUT2D eigenvalue weighted by Gasteiger charge is -2.27. The van der Waals surface area contributed by atoms with Crippen molar-refractivity contribution >= 4 is 35.8 Å². The molecule has 178 valence electrons. The van der Waals surface area contributed by atoms with Gasteiger partial charge in [0.25, 0.3) is 0 Å². The van der Waals surface area contributed by atoms with Gasteiger partial charge in [-0.15, -0.1) is 34.2 Å². The van der Waals surface area contributed by atoms with E-state index < -0.39 is 0 Å². The highest BCUT2D eigenvalue weighted by Gasteiger charge is 2.25. The summed E-state index contributed by atoms with van der Waals surface area (Å²) >= 11 is 0. The Bertz CT molecular complexity index is 831. The highest BCUT2D eigenvalue weighted by atomic mass is 127. The van der Waals surface area contributed by atoms with E-state index >= 15 is 0 Å². The van der Waals surface area contributed by atoms with Crippen molar-refractivity contribution < 1.29 is 9.21 Å². The molecule has 1 amide bonds. The highest BCUT2D eigenvalue weighted by Crippen LogP contribution is 2.24. The SMILES string of the molecule is CCc1nncn1CCNC(=NCC(=O)N(C)C)NCC(c1ccco1)N1CCCC1.I. The summed E-state index contributed by atoms with van der Waals surface area (Å²) in [7, 11) is 3.47. The molecular weight excluding hydrogens is 523 g/mol. The van der Waals surface area contributed by atoms with Gasteiger partial charge in [0.1, 0.15) is 24.5 Å². The average molecular weight is 558 g/mol. The molecule has 1 aliphatic rings. The van der Waals surface area contributed by atoms with Gasteiger partial charge in [-0.05, 0) is 38.1 Å². The fourth-order valence-corrected chi connectivity index (χ4v) is 3.63. The summed E-state index contributed by atoms with van der Waals surface area (Å²) in [6, 6.07) is 4.06. The molecule has 2 aromatic rings. The number of nitrogens with one attached hydrogen (secondary N) is 2. The lowest BCUT2D eigenvalue weighted by Crippen LogP contribution is -2.44. The van der Waals surface area contributed by atoms with Crippen LogP contribution in [0.3, 0.4) is 0 Å². The van der Waals surface area contributed by atoms with Crippen molar-refractivity contribution in [3.05, 3.63) is 36.3 Å². The van der Waals surface area contributed by atoms with Crippen LogP contribution in [0.2, 0.25) is 0 Å². The summed E-state index contributed by atoms with van der Waals surface area (Å²) < 4.78 is 7.73. The van der Waals surface area contributed by atoms with E-state index in [2.05, 4.69) is 37.6 Å². The first kappa shape index (κ1) is 26.1. The van der Waals surface area contributed by atoms with Gasteiger partial charge in [0.05, 0.1) is 12.3 Å². The predicted octanol–water partition coefficient (Wildman–Crippen LogP) is 1.51. The van der Waals surface area contributed by atoms with Crippen molar-refractivity contribution in [2.75, 3.05) is 46.8 Å². The number of furan rings is 1. The minimum Gasteiger partial charge on any atom is -0.468 e. The van der Waals surface area contributed by atoms with Gasteiger partial charge in [-0.1, -0.05) is 6.92 Å². The maximum atomic E-state index is 12.0. The molecule has 1 fully saturated rings. The second kappa shape index (κ2) is 13.4. The van der Waals surface area contributed by atoms with Crippen LogP contribution in [0.15, 0.2) is 34.1 Å². The molecule has 2 N–H and O–H groups in total. The molecule has 1 aliphatic heterocycles. The summed E-state index contributed by atoms with van der Waals surface area (Å²) in [5.74, 6) is 2.45. The lowest BCUT2D eigenvalue weighted by atomic mass is 10.2. The first-order valence-electron chi connectivity index (χ1n) is 10.9. The van der Waals surface area contributed by atoms with Crippen LogP contribution in [-0.4, -0.2) is 83.3 Å². The van der Waals surface area contributed by atoms with Crippen molar-refractivity contribution in [2.45, 2.75) is 38.8 Å². The largest absolute Gasteiger partial charge is 0.468 e. The Morgan fingerprint density at radius 3 is 2.75 bits per heavy atom. The molecule has 11 heteroatoms. The fourth-order valence-electron chi connectivity index (χ4n) is 3.63. The quantitative estimate of drug-likeness (QED) is 0.259. The number of carbonyl (C=O) groups excluding carboxylic acids is 1. The van der Waals surface area contributed by atoms with Crippen molar-refractivity contribution in [1.82, 2.24) is 35.2 Å². The Kier molecular flexibility index (Phi) is 10.9. The number of rotatable bonds is 10. The van der Waals surface area contributed by atoms with Gasteiger partial charge < -0.3 is 24.5 Å². The number of halogens is 1. The van der Waals surface area contributed by atoms with Crippen LogP contribution in [0.25, 0.3) is 0 Å². The van der Waals surface area contributed by atoms with Gasteiger partial charge in [-0.25, -0.2) is 4.99 Å². The molecule has 32 heavy (non-hydrogen) atoms. The number of aromatic nitrogens is 3. The molecule has 1 unspecified atom stereocenters. The minimum absolute atomic E-state index is 0. The van der Waals surface area contributed by atoms with Gasteiger partial charge >= 0.3 is 0 Å². The van der Waals surface area contributed by atoms with Crippen molar-refractivity contribution in [2.24, 2.45) is 4.99 Å². The second-order valence-electron chi connectivity index (χ2n) is 7.83. The maximum absolute atomic E-state index is 12.0. The molecule has 0 bridgehead atoms. The second-order valence-corrected chi connectivity index (χ2v) is 7.83. The molecule has 3 rings (SSSR count). The van der Waals surface area contributed by atoms with Crippen LogP contribution in [0.1, 0.15) is 37.4 Å². The summed E-state index contributed by atoms with van der Waals surface area (Å²) in [6.07, 6.45) is 6.68. The Balaban J connectivity index is 0.00000363. The van der Waals surface area contributed by atoms with E-state index in [1.54, 1.807) is 31.6 Å². The van der Waals surface area contributed by atoms with Crippen LogP contribution in [-0.2, 0) is 17.8 Å². The van der Waals surface area contributed by atoms with E-state index in [0.717, 1.165) is 31.1 Å². The average Bonchev–Trinajstić information content (AvgIpc) is 3.54. The predicted molar refractivity (Wildman–Crippen MR) is 134 cm³/mol. The van der Waals surface area contributed by atoms with E-state index in [4.69, 9.17) is 4.42 Å². The number of guanidine groups is 1. The zero-order valence-electron chi connectivity index (χ0n) is 19.2. The monoisotopic (exact) mass is 558 g/mol. The zero-order valence-corrected chi connectivity index (χ0v) is 21.5. The van der Waals surface area contributed by atoms with Crippen molar-refractivity contribution in [1.29, 1.82) is 0 Å². The number of aryl methyl sites for hydroxylation is 1. The maximum Gasteiger partial charge on any atom is 0.243 e. The number of nitrogens with zero attached hydrogens (tertiary/aromatic N) is 6. The number of amides is 1. The van der Waals surface area contributed by atoms with E-state index in [1.807, 2.05) is 16.7 Å². The molecule has 0 spiro atoms. The number of hydrogen-bond donors (Lipinski definition) is 2. The van der Waals surface area contributed by atoms with Crippen LogP contribution < -0.4 is 10.6 Å². The van der Waals surface area contributed by atoms with Crippen LogP contribution >= 0.6 is 24.0 Å². The minimum atomic E-state index is -0.0460. The highest BCUT2D eigenvalue weighted by molar-refractivity contribution is 14.0. The van der Waals surface area contributed by atoms with Gasteiger partial charge in [0.2, 0.25) is 5.91 Å². The number of likely N-dealkylation sites (tertiary alicyclic amines) is 1. The fraction of sp³-hybridized carbons (Fsp3) is 0.619. The Morgan fingerprint density at radius 1 is 1.31 bits per heavy atom. The third kappa shape index (κ3) is 7.47. The summed E-state index contributed by atoms with van der Waals surface area (Å²) in [5, 5.41) is 14.8. The topological polar surface area (TPSA) is 104 Å². The molecule has 1 saturated heterocycles. The van der Waals surface area contributed by atoms with Crippen LogP contribution in [0, 0.1) is 0 Å². The number of likely N-dealkylation sites (N-methyl/N-ethyl adjacent to an activating group) is 1. The number of carbonyl (C=O) groups is 1. The van der Waals surface area contributed by atoms with E-state index in [-0.39, 0.29) is 42.5 Å². The Morgan fingerprint density at radius 2 is 2.09 bits per heavy atom. The van der Waals surface area contributed by atoms with Crippen molar-refractivity contribution in [3.63, 3.8) is 0 Å². The summed E-state index contributed by atoms with van der Waals surface area (Å²) in [6.45, 7) is 6.25. The third-order valence-corrected chi connectivity index (χ3v) is 5.44. The summed E-state index contributed by atoms with van der Waals surface area (Å²) in [4.78, 5) is 20.5. The summed E-state index contributed by atoms with van der Waals surface area (Å²) in [5.41, 5.74) is 0. The Labute approximate surface area is 206 Å². The van der Waals surface area contributed by atoms with E-state index in [9.17, 15) is 4.79 Å².